The second kappa shape index (κ2) is 3.38. The number of halogens is 2. The van der Waals surface area contributed by atoms with Crippen LogP contribution < -0.4 is 5.32 Å². The maximum absolute atomic E-state index is 12.9. The van der Waals surface area contributed by atoms with Gasteiger partial charge in [-0.1, -0.05) is 15.9 Å². The summed E-state index contributed by atoms with van der Waals surface area (Å²) in [6.45, 7) is 0.443. The molecule has 2 rings (SSSR count). The van der Waals surface area contributed by atoms with Gasteiger partial charge in [0.15, 0.2) is 6.73 Å². The summed E-state index contributed by atoms with van der Waals surface area (Å²) in [6, 6.07) is 4.53. The predicted molar refractivity (Wildman–Crippen MR) is 51.2 cm³/mol. The standard InChI is InChI=1S/C9H7BrFNO/c10-8-2-1-6(11)3-7(8)9-4-13-5-12-9/h1-4,12H,5H2. The number of hydrogen-bond donors (Lipinski definition) is 1. The Morgan fingerprint density at radius 2 is 2.31 bits per heavy atom. The molecule has 0 unspecified atom stereocenters. The van der Waals surface area contributed by atoms with Crippen molar-refractivity contribution in [1.82, 2.24) is 5.32 Å². The van der Waals surface area contributed by atoms with Gasteiger partial charge in [-0.3, -0.25) is 0 Å². The molecule has 1 aliphatic heterocycles. The molecule has 0 aliphatic carbocycles. The monoisotopic (exact) mass is 243 g/mol. The van der Waals surface area contributed by atoms with Crippen LogP contribution in [-0.2, 0) is 4.74 Å². The molecule has 1 aromatic carbocycles. The zero-order chi connectivity index (χ0) is 9.26. The van der Waals surface area contributed by atoms with Gasteiger partial charge in [-0.2, -0.15) is 0 Å². The van der Waals surface area contributed by atoms with E-state index < -0.39 is 0 Å². The normalized spacial score (nSPS) is 14.8. The van der Waals surface area contributed by atoms with Crippen LogP contribution in [0.1, 0.15) is 5.56 Å². The average molecular weight is 244 g/mol. The summed E-state index contributed by atoms with van der Waals surface area (Å²) in [4.78, 5) is 0. The van der Waals surface area contributed by atoms with Crippen molar-refractivity contribution in [2.24, 2.45) is 0 Å². The van der Waals surface area contributed by atoms with Crippen LogP contribution in [-0.4, -0.2) is 6.73 Å². The third-order valence-corrected chi connectivity index (χ3v) is 2.46. The van der Waals surface area contributed by atoms with Gasteiger partial charge in [-0.25, -0.2) is 4.39 Å². The lowest BCUT2D eigenvalue weighted by molar-refractivity contribution is 0.267. The highest BCUT2D eigenvalue weighted by Gasteiger charge is 2.10. The fraction of sp³-hybridized carbons (Fsp3) is 0.111. The molecule has 0 fully saturated rings. The molecule has 0 amide bonds. The van der Waals surface area contributed by atoms with Crippen LogP contribution in [0.4, 0.5) is 4.39 Å². The van der Waals surface area contributed by atoms with Gasteiger partial charge in [0.25, 0.3) is 0 Å². The summed E-state index contributed by atoms with van der Waals surface area (Å²) in [7, 11) is 0. The van der Waals surface area contributed by atoms with Gasteiger partial charge in [0.2, 0.25) is 0 Å². The molecule has 0 bridgehead atoms. The maximum atomic E-state index is 12.9. The van der Waals surface area contributed by atoms with Crippen molar-refractivity contribution in [3.8, 4) is 0 Å². The molecule has 13 heavy (non-hydrogen) atoms. The van der Waals surface area contributed by atoms with Crippen LogP contribution in [0.3, 0.4) is 0 Å². The Kier molecular flexibility index (Phi) is 2.22. The van der Waals surface area contributed by atoms with Gasteiger partial charge in [0.05, 0.1) is 5.70 Å². The summed E-state index contributed by atoms with van der Waals surface area (Å²) in [5, 5.41) is 2.98. The van der Waals surface area contributed by atoms with Crippen molar-refractivity contribution < 1.29 is 9.13 Å². The van der Waals surface area contributed by atoms with E-state index in [0.717, 1.165) is 15.7 Å². The predicted octanol–water partition coefficient (Wildman–Crippen LogP) is 2.46. The number of ether oxygens (including phenoxy) is 1. The first kappa shape index (κ1) is 8.56. The van der Waals surface area contributed by atoms with Gasteiger partial charge >= 0.3 is 0 Å². The third kappa shape index (κ3) is 1.67. The lowest BCUT2D eigenvalue weighted by Gasteiger charge is -2.04. The molecule has 1 aliphatic rings. The van der Waals surface area contributed by atoms with Crippen LogP contribution in [0.25, 0.3) is 5.70 Å². The highest BCUT2D eigenvalue weighted by Crippen LogP contribution is 2.25. The largest absolute Gasteiger partial charge is 0.479 e. The minimum atomic E-state index is -0.257. The summed E-state index contributed by atoms with van der Waals surface area (Å²) in [5.74, 6) is -0.257. The Balaban J connectivity index is 2.43. The summed E-state index contributed by atoms with van der Waals surface area (Å²) in [6.07, 6.45) is 1.58. The van der Waals surface area contributed by atoms with Gasteiger partial charge in [0, 0.05) is 10.0 Å². The number of rotatable bonds is 1. The van der Waals surface area contributed by atoms with Crippen LogP contribution in [0.15, 0.2) is 28.9 Å². The lowest BCUT2D eigenvalue weighted by Crippen LogP contribution is -2.07. The van der Waals surface area contributed by atoms with Crippen molar-refractivity contribution in [3.63, 3.8) is 0 Å². The minimum absolute atomic E-state index is 0.257. The number of nitrogens with one attached hydrogen (secondary N) is 1. The Hall–Kier alpha value is -1.03. The first-order valence-corrected chi connectivity index (χ1v) is 4.58. The highest BCUT2D eigenvalue weighted by atomic mass is 79.9. The van der Waals surface area contributed by atoms with Gasteiger partial charge in [-0.15, -0.1) is 0 Å². The summed E-state index contributed by atoms with van der Waals surface area (Å²) >= 11 is 3.34. The summed E-state index contributed by atoms with van der Waals surface area (Å²) in [5.41, 5.74) is 1.57. The molecule has 2 nitrogen and oxygen atoms in total. The van der Waals surface area contributed by atoms with E-state index >= 15 is 0 Å². The first-order chi connectivity index (χ1) is 6.27. The molecule has 4 heteroatoms. The molecule has 1 heterocycles. The highest BCUT2D eigenvalue weighted by molar-refractivity contribution is 9.10. The number of benzene rings is 1. The van der Waals surface area contributed by atoms with E-state index in [9.17, 15) is 4.39 Å². The van der Waals surface area contributed by atoms with E-state index in [1.54, 1.807) is 12.3 Å². The van der Waals surface area contributed by atoms with Crippen molar-refractivity contribution in [2.75, 3.05) is 6.73 Å². The van der Waals surface area contributed by atoms with E-state index in [-0.39, 0.29) is 5.82 Å². The van der Waals surface area contributed by atoms with Crippen LogP contribution >= 0.6 is 15.9 Å². The topological polar surface area (TPSA) is 21.3 Å². The van der Waals surface area contributed by atoms with E-state index in [2.05, 4.69) is 21.2 Å². The van der Waals surface area contributed by atoms with E-state index in [0.29, 0.717) is 6.73 Å². The smallest absolute Gasteiger partial charge is 0.158 e. The Bertz CT molecular complexity index is 365. The molecule has 0 aromatic heterocycles. The molecule has 68 valence electrons. The van der Waals surface area contributed by atoms with Crippen molar-refractivity contribution in [2.45, 2.75) is 0 Å². The third-order valence-electron chi connectivity index (χ3n) is 1.77. The van der Waals surface area contributed by atoms with Crippen LogP contribution in [0.2, 0.25) is 0 Å². The molecule has 0 atom stereocenters. The average Bonchev–Trinajstić information content (AvgIpc) is 2.61. The summed E-state index contributed by atoms with van der Waals surface area (Å²) < 4.78 is 18.7. The van der Waals surface area contributed by atoms with Crippen molar-refractivity contribution in [1.29, 1.82) is 0 Å². The zero-order valence-electron chi connectivity index (χ0n) is 6.68. The fourth-order valence-electron chi connectivity index (χ4n) is 1.15. The van der Waals surface area contributed by atoms with Gasteiger partial charge in [0.1, 0.15) is 12.1 Å². The second-order valence-corrected chi connectivity index (χ2v) is 3.50. The quantitative estimate of drug-likeness (QED) is 0.819. The second-order valence-electron chi connectivity index (χ2n) is 2.64. The zero-order valence-corrected chi connectivity index (χ0v) is 8.27. The van der Waals surface area contributed by atoms with E-state index in [1.807, 2.05) is 0 Å². The maximum Gasteiger partial charge on any atom is 0.158 e. The van der Waals surface area contributed by atoms with E-state index in [4.69, 9.17) is 4.74 Å². The minimum Gasteiger partial charge on any atom is -0.479 e. The van der Waals surface area contributed by atoms with E-state index in [1.165, 1.54) is 12.1 Å². The van der Waals surface area contributed by atoms with Crippen LogP contribution in [0, 0.1) is 5.82 Å². The molecule has 1 aromatic rings. The van der Waals surface area contributed by atoms with Crippen LogP contribution in [0.5, 0.6) is 0 Å². The SMILES string of the molecule is Fc1ccc(Br)c(C2=COCN2)c1. The molecular formula is C9H7BrFNO. The first-order valence-electron chi connectivity index (χ1n) is 3.78. The Morgan fingerprint density at radius 1 is 1.46 bits per heavy atom. The lowest BCUT2D eigenvalue weighted by atomic mass is 10.2. The Labute approximate surface area is 83.5 Å². The van der Waals surface area contributed by atoms with Crippen molar-refractivity contribution >= 4 is 21.6 Å². The Morgan fingerprint density at radius 3 is 3.00 bits per heavy atom. The molecule has 0 radical (unpaired) electrons. The van der Waals surface area contributed by atoms with Gasteiger partial charge in [-0.05, 0) is 18.2 Å². The molecule has 0 saturated carbocycles. The molecule has 0 saturated heterocycles. The molecule has 0 spiro atoms. The fourth-order valence-corrected chi connectivity index (χ4v) is 1.61. The van der Waals surface area contributed by atoms with Gasteiger partial charge < -0.3 is 10.1 Å². The molecule has 1 N–H and O–H groups in total. The van der Waals surface area contributed by atoms with Crippen molar-refractivity contribution in [3.05, 3.63) is 40.3 Å². The number of hydrogen-bond acceptors (Lipinski definition) is 2. The molecular weight excluding hydrogens is 237 g/mol.